The lowest BCUT2D eigenvalue weighted by atomic mass is 9.94. The van der Waals surface area contributed by atoms with Gasteiger partial charge < -0.3 is 5.32 Å². The van der Waals surface area contributed by atoms with E-state index in [-0.39, 0.29) is 24.3 Å². The van der Waals surface area contributed by atoms with Gasteiger partial charge >= 0.3 is 0 Å². The normalized spacial score (nSPS) is 17.2. The minimum atomic E-state index is -0.152. The van der Waals surface area contributed by atoms with Crippen LogP contribution in [0.1, 0.15) is 22.7 Å². The summed E-state index contributed by atoms with van der Waals surface area (Å²) in [6, 6.07) is 7.44. The summed E-state index contributed by atoms with van der Waals surface area (Å²) in [4.78, 5) is 2.44. The van der Waals surface area contributed by atoms with E-state index in [0.29, 0.717) is 0 Å². The highest BCUT2D eigenvalue weighted by Gasteiger charge is 2.25. The third kappa shape index (κ3) is 3.64. The molecular formula is C16H20ClFN2S. The molecule has 1 aliphatic rings. The first-order valence-corrected chi connectivity index (χ1v) is 7.93. The lowest BCUT2D eigenvalue weighted by Gasteiger charge is -2.35. The quantitative estimate of drug-likeness (QED) is 0.927. The Bertz CT molecular complexity index is 568. The zero-order chi connectivity index (χ0) is 13.9. The molecule has 3 rings (SSSR count). The predicted molar refractivity (Wildman–Crippen MR) is 89.0 cm³/mol. The van der Waals surface area contributed by atoms with E-state index in [1.807, 2.05) is 6.07 Å². The molecule has 2 heterocycles. The molecular weight excluding hydrogens is 307 g/mol. The average Bonchev–Trinajstić information content (AvgIpc) is 2.98. The van der Waals surface area contributed by atoms with E-state index in [0.717, 1.165) is 37.3 Å². The van der Waals surface area contributed by atoms with Crippen molar-refractivity contribution in [2.45, 2.75) is 13.0 Å². The molecule has 5 heteroatoms. The fourth-order valence-electron chi connectivity index (χ4n) is 2.86. The van der Waals surface area contributed by atoms with Crippen molar-refractivity contribution in [3.05, 3.63) is 57.5 Å². The van der Waals surface area contributed by atoms with Crippen molar-refractivity contribution in [3.8, 4) is 0 Å². The van der Waals surface area contributed by atoms with Gasteiger partial charge in [0.1, 0.15) is 5.82 Å². The number of nitrogens with one attached hydrogen (secondary N) is 1. The lowest BCUT2D eigenvalue weighted by molar-refractivity contribution is 0.198. The topological polar surface area (TPSA) is 15.3 Å². The van der Waals surface area contributed by atoms with Gasteiger partial charge in [0.25, 0.3) is 0 Å². The third-order valence-corrected chi connectivity index (χ3v) is 4.61. The number of hydrogen-bond donors (Lipinski definition) is 1. The lowest BCUT2D eigenvalue weighted by Crippen LogP contribution is -2.45. The number of rotatable bonds is 3. The van der Waals surface area contributed by atoms with Gasteiger partial charge in [-0.15, -0.1) is 12.4 Å². The highest BCUT2D eigenvalue weighted by Crippen LogP contribution is 2.32. The number of thiophene rings is 1. The van der Waals surface area contributed by atoms with Gasteiger partial charge in [0.2, 0.25) is 0 Å². The summed E-state index contributed by atoms with van der Waals surface area (Å²) in [5.74, 6) is -0.152. The highest BCUT2D eigenvalue weighted by atomic mass is 35.5. The van der Waals surface area contributed by atoms with Crippen LogP contribution in [0.25, 0.3) is 0 Å². The second-order valence-corrected chi connectivity index (χ2v) is 6.03. The second-order valence-electron chi connectivity index (χ2n) is 5.25. The molecule has 2 aromatic rings. The van der Waals surface area contributed by atoms with E-state index in [9.17, 15) is 4.39 Å². The molecule has 0 radical (unpaired) electrons. The largest absolute Gasteiger partial charge is 0.314 e. The van der Waals surface area contributed by atoms with Crippen molar-refractivity contribution in [3.63, 3.8) is 0 Å². The summed E-state index contributed by atoms with van der Waals surface area (Å²) < 4.78 is 13.7. The van der Waals surface area contributed by atoms with Gasteiger partial charge in [0, 0.05) is 26.2 Å². The number of piperazine rings is 1. The summed E-state index contributed by atoms with van der Waals surface area (Å²) in [7, 11) is 0. The Morgan fingerprint density at radius 3 is 2.67 bits per heavy atom. The van der Waals surface area contributed by atoms with Crippen molar-refractivity contribution in [1.82, 2.24) is 10.2 Å². The first-order chi connectivity index (χ1) is 9.75. The summed E-state index contributed by atoms with van der Waals surface area (Å²) in [6.45, 7) is 6.05. The molecule has 2 nitrogen and oxygen atoms in total. The maximum atomic E-state index is 13.7. The van der Waals surface area contributed by atoms with E-state index >= 15 is 0 Å². The SMILES string of the molecule is Cc1ccc(F)cc1[C@H](c1ccsc1)N1CCNCC1.Cl. The first kappa shape index (κ1) is 16.4. The minimum absolute atomic E-state index is 0. The van der Waals surface area contributed by atoms with Crippen LogP contribution in [-0.2, 0) is 0 Å². The maximum Gasteiger partial charge on any atom is 0.123 e. The van der Waals surface area contributed by atoms with Crippen molar-refractivity contribution < 1.29 is 4.39 Å². The fourth-order valence-corrected chi connectivity index (χ4v) is 3.54. The molecule has 1 atom stereocenters. The van der Waals surface area contributed by atoms with Crippen LogP contribution in [0.4, 0.5) is 4.39 Å². The number of nitrogens with zero attached hydrogens (tertiary/aromatic N) is 1. The van der Waals surface area contributed by atoms with Crippen molar-refractivity contribution in [2.24, 2.45) is 0 Å². The van der Waals surface area contributed by atoms with Crippen LogP contribution in [0.15, 0.2) is 35.0 Å². The molecule has 114 valence electrons. The van der Waals surface area contributed by atoms with Gasteiger partial charge in [-0.3, -0.25) is 4.90 Å². The van der Waals surface area contributed by atoms with E-state index in [2.05, 4.69) is 34.0 Å². The fraction of sp³-hybridized carbons (Fsp3) is 0.375. The van der Waals surface area contributed by atoms with Gasteiger partial charge in [-0.25, -0.2) is 4.39 Å². The summed E-state index contributed by atoms with van der Waals surface area (Å²) >= 11 is 1.70. The number of hydrogen-bond acceptors (Lipinski definition) is 3. The molecule has 1 aliphatic heterocycles. The van der Waals surface area contributed by atoms with Crippen LogP contribution >= 0.6 is 23.7 Å². The molecule has 1 aromatic carbocycles. The van der Waals surface area contributed by atoms with E-state index in [1.165, 1.54) is 5.56 Å². The monoisotopic (exact) mass is 326 g/mol. The van der Waals surface area contributed by atoms with Gasteiger partial charge in [-0.1, -0.05) is 6.07 Å². The Labute approximate surface area is 135 Å². The van der Waals surface area contributed by atoms with Gasteiger partial charge in [0.15, 0.2) is 0 Å². The minimum Gasteiger partial charge on any atom is -0.314 e. The molecule has 21 heavy (non-hydrogen) atoms. The number of benzene rings is 1. The van der Waals surface area contributed by atoms with Crippen LogP contribution in [0.5, 0.6) is 0 Å². The number of halogens is 2. The third-order valence-electron chi connectivity index (χ3n) is 3.91. The van der Waals surface area contributed by atoms with Gasteiger partial charge in [0.05, 0.1) is 6.04 Å². The Morgan fingerprint density at radius 1 is 1.24 bits per heavy atom. The van der Waals surface area contributed by atoms with Crippen LogP contribution in [0, 0.1) is 12.7 Å². The summed E-state index contributed by atoms with van der Waals surface area (Å²) in [5.41, 5.74) is 3.51. The molecule has 0 bridgehead atoms. The van der Waals surface area contributed by atoms with Crippen LogP contribution in [0.3, 0.4) is 0 Å². The average molecular weight is 327 g/mol. The smallest absolute Gasteiger partial charge is 0.123 e. The van der Waals surface area contributed by atoms with E-state index in [4.69, 9.17) is 0 Å². The van der Waals surface area contributed by atoms with Crippen molar-refractivity contribution in [1.29, 1.82) is 0 Å². The molecule has 0 amide bonds. The predicted octanol–water partition coefficient (Wildman–Crippen LogP) is 3.61. The van der Waals surface area contributed by atoms with Crippen LogP contribution < -0.4 is 5.32 Å². The Kier molecular flexibility index (Phi) is 5.76. The molecule has 0 spiro atoms. The molecule has 1 saturated heterocycles. The zero-order valence-corrected chi connectivity index (χ0v) is 13.6. The van der Waals surface area contributed by atoms with Crippen molar-refractivity contribution in [2.75, 3.05) is 26.2 Å². The molecule has 1 N–H and O–H groups in total. The van der Waals surface area contributed by atoms with E-state index in [1.54, 1.807) is 23.5 Å². The Balaban J connectivity index is 0.00000161. The highest BCUT2D eigenvalue weighted by molar-refractivity contribution is 7.08. The zero-order valence-electron chi connectivity index (χ0n) is 12.0. The molecule has 0 saturated carbocycles. The maximum absolute atomic E-state index is 13.7. The number of aryl methyl sites for hydroxylation is 1. The van der Waals surface area contributed by atoms with E-state index < -0.39 is 0 Å². The summed E-state index contributed by atoms with van der Waals surface area (Å²) in [5, 5.41) is 7.65. The molecule has 1 fully saturated rings. The summed E-state index contributed by atoms with van der Waals surface area (Å²) in [6.07, 6.45) is 0. The van der Waals surface area contributed by atoms with Gasteiger partial charge in [-0.05, 0) is 52.6 Å². The first-order valence-electron chi connectivity index (χ1n) is 6.98. The Morgan fingerprint density at radius 2 is 2.00 bits per heavy atom. The van der Waals surface area contributed by atoms with Crippen LogP contribution in [0.2, 0.25) is 0 Å². The van der Waals surface area contributed by atoms with Gasteiger partial charge in [-0.2, -0.15) is 11.3 Å². The van der Waals surface area contributed by atoms with Crippen LogP contribution in [-0.4, -0.2) is 31.1 Å². The molecule has 1 aromatic heterocycles. The standard InChI is InChI=1S/C16H19FN2S.ClH/c1-12-2-3-14(17)10-15(12)16(13-4-9-20-11-13)19-7-5-18-6-8-19;/h2-4,9-11,16,18H,5-8H2,1H3;1H/t16-;/m0./s1. The Hall–Kier alpha value is -0.940. The van der Waals surface area contributed by atoms with Crippen molar-refractivity contribution >= 4 is 23.7 Å². The second kappa shape index (κ2) is 7.36. The molecule has 0 unspecified atom stereocenters. The molecule has 0 aliphatic carbocycles.